The first-order chi connectivity index (χ1) is 10.6. The first-order valence-electron chi connectivity index (χ1n) is 7.30. The molecule has 1 aromatic carbocycles. The van der Waals surface area contributed by atoms with Gasteiger partial charge in [0.15, 0.2) is 0 Å². The predicted octanol–water partition coefficient (Wildman–Crippen LogP) is 1.95. The van der Waals surface area contributed by atoms with Crippen LogP contribution in [0.25, 0.3) is 0 Å². The number of rotatable bonds is 6. The molecule has 0 radical (unpaired) electrons. The van der Waals surface area contributed by atoms with E-state index in [4.69, 9.17) is 27.9 Å². The van der Waals surface area contributed by atoms with E-state index in [2.05, 4.69) is 5.32 Å². The molecule has 2 N–H and O–H groups in total. The highest BCUT2D eigenvalue weighted by atomic mass is 35.5. The Morgan fingerprint density at radius 2 is 2.09 bits per heavy atom. The second-order valence-corrected chi connectivity index (χ2v) is 6.04. The number of carbonyl (C=O) groups is 1. The lowest BCUT2D eigenvalue weighted by Gasteiger charge is -2.28. The molecule has 1 aliphatic heterocycles. The molecule has 0 unspecified atom stereocenters. The molecule has 1 aromatic rings. The van der Waals surface area contributed by atoms with Crippen molar-refractivity contribution in [2.24, 2.45) is 0 Å². The second-order valence-electron chi connectivity index (χ2n) is 5.26. The van der Waals surface area contributed by atoms with Gasteiger partial charge < -0.3 is 15.2 Å². The van der Waals surface area contributed by atoms with Crippen LogP contribution in [0.2, 0.25) is 10.0 Å². The molecule has 22 heavy (non-hydrogen) atoms. The SMILES string of the molecule is O=C(CN1CCC(O)CC1)NCCOc1cccc(Cl)c1Cl. The molecule has 0 atom stereocenters. The Kier molecular flexibility index (Phi) is 6.76. The van der Waals surface area contributed by atoms with Gasteiger partial charge in [0.25, 0.3) is 0 Å². The summed E-state index contributed by atoms with van der Waals surface area (Å²) in [5.74, 6) is 0.464. The maximum atomic E-state index is 11.8. The van der Waals surface area contributed by atoms with E-state index < -0.39 is 0 Å². The summed E-state index contributed by atoms with van der Waals surface area (Å²) < 4.78 is 5.49. The Balaban J connectivity index is 1.64. The molecule has 122 valence electrons. The van der Waals surface area contributed by atoms with Crippen LogP contribution in [0.3, 0.4) is 0 Å². The number of hydrogen-bond acceptors (Lipinski definition) is 4. The van der Waals surface area contributed by atoms with Gasteiger partial charge in [-0.3, -0.25) is 9.69 Å². The summed E-state index contributed by atoms with van der Waals surface area (Å²) >= 11 is 11.9. The number of amides is 1. The Morgan fingerprint density at radius 3 is 2.82 bits per heavy atom. The standard InChI is InChI=1S/C15H20Cl2N2O3/c16-12-2-1-3-13(15(12)17)22-9-6-18-14(21)10-19-7-4-11(20)5-8-19/h1-3,11,20H,4-10H2,(H,18,21). The Morgan fingerprint density at radius 1 is 1.36 bits per heavy atom. The minimum absolute atomic E-state index is 0.0443. The third-order valence-electron chi connectivity index (χ3n) is 3.52. The van der Waals surface area contributed by atoms with E-state index in [0.717, 1.165) is 25.9 Å². The van der Waals surface area contributed by atoms with Crippen molar-refractivity contribution in [3.8, 4) is 5.75 Å². The van der Waals surface area contributed by atoms with E-state index in [1.807, 2.05) is 4.90 Å². The summed E-state index contributed by atoms with van der Waals surface area (Å²) in [6, 6.07) is 5.18. The van der Waals surface area contributed by atoms with E-state index in [1.165, 1.54) is 0 Å². The van der Waals surface area contributed by atoms with Gasteiger partial charge in [0.2, 0.25) is 5.91 Å². The molecular weight excluding hydrogens is 327 g/mol. The van der Waals surface area contributed by atoms with Crippen LogP contribution in [-0.2, 0) is 4.79 Å². The van der Waals surface area contributed by atoms with Crippen molar-refractivity contribution in [3.05, 3.63) is 28.2 Å². The van der Waals surface area contributed by atoms with Gasteiger partial charge in [0.05, 0.1) is 24.2 Å². The van der Waals surface area contributed by atoms with Crippen molar-refractivity contribution in [2.75, 3.05) is 32.8 Å². The van der Waals surface area contributed by atoms with Crippen LogP contribution in [-0.4, -0.2) is 54.8 Å². The van der Waals surface area contributed by atoms with Gasteiger partial charge in [0.1, 0.15) is 17.4 Å². The van der Waals surface area contributed by atoms with Gasteiger partial charge in [-0.1, -0.05) is 29.3 Å². The Hall–Kier alpha value is -1.01. The van der Waals surface area contributed by atoms with Crippen molar-refractivity contribution in [1.29, 1.82) is 0 Å². The van der Waals surface area contributed by atoms with Gasteiger partial charge in [-0.25, -0.2) is 0 Å². The lowest BCUT2D eigenvalue weighted by Crippen LogP contribution is -2.43. The second kappa shape index (κ2) is 8.58. The molecule has 1 aliphatic rings. The maximum absolute atomic E-state index is 11.8. The van der Waals surface area contributed by atoms with E-state index in [-0.39, 0.29) is 12.0 Å². The molecule has 0 aliphatic carbocycles. The third kappa shape index (κ3) is 5.32. The van der Waals surface area contributed by atoms with Crippen LogP contribution < -0.4 is 10.1 Å². The van der Waals surface area contributed by atoms with Gasteiger partial charge in [-0.05, 0) is 25.0 Å². The van der Waals surface area contributed by atoms with Crippen molar-refractivity contribution in [3.63, 3.8) is 0 Å². The minimum atomic E-state index is -0.227. The van der Waals surface area contributed by atoms with Crippen LogP contribution in [0.15, 0.2) is 18.2 Å². The number of aliphatic hydroxyl groups excluding tert-OH is 1. The number of nitrogens with one attached hydrogen (secondary N) is 1. The highest BCUT2D eigenvalue weighted by Crippen LogP contribution is 2.31. The number of likely N-dealkylation sites (tertiary alicyclic amines) is 1. The fraction of sp³-hybridized carbons (Fsp3) is 0.533. The average Bonchev–Trinajstić information content (AvgIpc) is 2.50. The van der Waals surface area contributed by atoms with E-state index in [0.29, 0.717) is 35.5 Å². The minimum Gasteiger partial charge on any atom is -0.490 e. The zero-order valence-electron chi connectivity index (χ0n) is 12.2. The third-order valence-corrected chi connectivity index (χ3v) is 4.32. The quantitative estimate of drug-likeness (QED) is 0.773. The summed E-state index contributed by atoms with van der Waals surface area (Å²) in [5.41, 5.74) is 0. The molecular formula is C15H20Cl2N2O3. The number of hydrogen-bond donors (Lipinski definition) is 2. The predicted molar refractivity (Wildman–Crippen MR) is 86.6 cm³/mol. The molecule has 1 fully saturated rings. The molecule has 7 heteroatoms. The molecule has 5 nitrogen and oxygen atoms in total. The van der Waals surface area contributed by atoms with Crippen molar-refractivity contribution in [1.82, 2.24) is 10.2 Å². The fourth-order valence-electron chi connectivity index (χ4n) is 2.28. The first-order valence-corrected chi connectivity index (χ1v) is 8.06. The average molecular weight is 347 g/mol. The van der Waals surface area contributed by atoms with Crippen LogP contribution in [0, 0.1) is 0 Å². The summed E-state index contributed by atoms with van der Waals surface area (Å²) in [5, 5.41) is 13.0. The number of ether oxygens (including phenoxy) is 1. The van der Waals surface area contributed by atoms with Gasteiger partial charge in [0, 0.05) is 13.1 Å². The smallest absolute Gasteiger partial charge is 0.234 e. The number of halogens is 2. The van der Waals surface area contributed by atoms with Crippen LogP contribution in [0.5, 0.6) is 5.75 Å². The first kappa shape index (κ1) is 17.3. The normalized spacial score (nSPS) is 16.5. The molecule has 0 spiro atoms. The van der Waals surface area contributed by atoms with E-state index in [1.54, 1.807) is 18.2 Å². The maximum Gasteiger partial charge on any atom is 0.234 e. The van der Waals surface area contributed by atoms with Crippen LogP contribution in [0.1, 0.15) is 12.8 Å². The number of piperidine rings is 1. The molecule has 1 saturated heterocycles. The fourth-order valence-corrected chi connectivity index (χ4v) is 2.63. The summed E-state index contributed by atoms with van der Waals surface area (Å²) in [6.45, 7) is 2.58. The highest BCUT2D eigenvalue weighted by molar-refractivity contribution is 6.42. The van der Waals surface area contributed by atoms with Crippen LogP contribution in [0.4, 0.5) is 0 Å². The van der Waals surface area contributed by atoms with E-state index >= 15 is 0 Å². The summed E-state index contributed by atoms with van der Waals surface area (Å²) in [4.78, 5) is 13.8. The number of aliphatic hydroxyl groups is 1. The number of nitrogens with zero attached hydrogens (tertiary/aromatic N) is 1. The molecule has 1 amide bonds. The lowest BCUT2D eigenvalue weighted by atomic mass is 10.1. The summed E-state index contributed by atoms with van der Waals surface area (Å²) in [6.07, 6.45) is 1.22. The number of carbonyl (C=O) groups excluding carboxylic acids is 1. The lowest BCUT2D eigenvalue weighted by molar-refractivity contribution is -0.122. The molecule has 0 aromatic heterocycles. The Labute approximate surface area is 140 Å². The highest BCUT2D eigenvalue weighted by Gasteiger charge is 2.18. The zero-order valence-corrected chi connectivity index (χ0v) is 13.7. The Bertz CT molecular complexity index is 506. The van der Waals surface area contributed by atoms with Crippen LogP contribution >= 0.6 is 23.2 Å². The molecule has 1 heterocycles. The largest absolute Gasteiger partial charge is 0.490 e. The summed E-state index contributed by atoms with van der Waals surface area (Å²) in [7, 11) is 0. The van der Waals surface area contributed by atoms with Crippen molar-refractivity contribution < 1.29 is 14.6 Å². The molecule has 0 bridgehead atoms. The van der Waals surface area contributed by atoms with E-state index in [9.17, 15) is 9.90 Å². The topological polar surface area (TPSA) is 61.8 Å². The van der Waals surface area contributed by atoms with Gasteiger partial charge >= 0.3 is 0 Å². The number of benzene rings is 1. The zero-order chi connectivity index (χ0) is 15.9. The van der Waals surface area contributed by atoms with Gasteiger partial charge in [-0.2, -0.15) is 0 Å². The molecule has 2 rings (SSSR count). The van der Waals surface area contributed by atoms with Crippen molar-refractivity contribution in [2.45, 2.75) is 18.9 Å². The monoisotopic (exact) mass is 346 g/mol. The van der Waals surface area contributed by atoms with Crippen molar-refractivity contribution >= 4 is 29.1 Å². The van der Waals surface area contributed by atoms with Gasteiger partial charge in [-0.15, -0.1) is 0 Å². The molecule has 0 saturated carbocycles.